The molecule has 0 saturated carbocycles. The molecule has 2 heterocycles. The maximum atomic E-state index is 13.0. The molecule has 0 bridgehead atoms. The summed E-state index contributed by atoms with van der Waals surface area (Å²) in [6, 6.07) is 5.62. The van der Waals surface area contributed by atoms with Gasteiger partial charge in [-0.3, -0.25) is 14.6 Å². The number of ether oxygens (including phenoxy) is 3. The molecule has 1 aromatic rings. The summed E-state index contributed by atoms with van der Waals surface area (Å²) in [4.78, 5) is 28.0. The van der Waals surface area contributed by atoms with Crippen LogP contribution in [-0.2, 0) is 14.3 Å². The van der Waals surface area contributed by atoms with E-state index in [4.69, 9.17) is 14.2 Å². The second kappa shape index (κ2) is 7.23. The van der Waals surface area contributed by atoms with Crippen LogP contribution in [0.15, 0.2) is 23.9 Å². The molecule has 0 aromatic heterocycles. The summed E-state index contributed by atoms with van der Waals surface area (Å²) in [7, 11) is 3.17. The monoisotopic (exact) mass is 374 g/mol. The highest BCUT2D eigenvalue weighted by atomic mass is 16.6. The van der Waals surface area contributed by atoms with Gasteiger partial charge in [-0.15, -0.1) is 0 Å². The van der Waals surface area contributed by atoms with Crippen molar-refractivity contribution in [3.8, 4) is 5.75 Å². The third-order valence-corrected chi connectivity index (χ3v) is 4.42. The molecule has 1 atom stereocenters. The van der Waals surface area contributed by atoms with Crippen molar-refractivity contribution in [2.24, 2.45) is 0 Å². The van der Waals surface area contributed by atoms with Gasteiger partial charge >= 0.3 is 12.1 Å². The van der Waals surface area contributed by atoms with E-state index in [9.17, 15) is 9.59 Å². The van der Waals surface area contributed by atoms with Gasteiger partial charge in [-0.2, -0.15) is 0 Å². The summed E-state index contributed by atoms with van der Waals surface area (Å²) in [6.45, 7) is 6.42. The van der Waals surface area contributed by atoms with Gasteiger partial charge in [0.05, 0.1) is 13.7 Å². The van der Waals surface area contributed by atoms with E-state index >= 15 is 0 Å². The van der Waals surface area contributed by atoms with Gasteiger partial charge in [0.2, 0.25) is 0 Å². The Hall–Kier alpha value is -2.54. The molecule has 146 valence electrons. The summed E-state index contributed by atoms with van der Waals surface area (Å²) < 4.78 is 16.2. The summed E-state index contributed by atoms with van der Waals surface area (Å²) in [6.07, 6.45) is 1.54. The van der Waals surface area contributed by atoms with Crippen molar-refractivity contribution in [1.82, 2.24) is 9.80 Å². The normalized spacial score (nSPS) is 17.9. The third-order valence-electron chi connectivity index (χ3n) is 4.42. The van der Waals surface area contributed by atoms with E-state index in [2.05, 4.69) is 0 Å². The first-order valence-electron chi connectivity index (χ1n) is 8.93. The predicted molar refractivity (Wildman–Crippen MR) is 100 cm³/mol. The molecule has 7 heteroatoms. The maximum absolute atomic E-state index is 13.0. The molecule has 0 saturated heterocycles. The van der Waals surface area contributed by atoms with Gasteiger partial charge in [0.1, 0.15) is 24.0 Å². The molecule has 0 radical (unpaired) electrons. The molecule has 3 rings (SSSR count). The molecule has 2 aliphatic heterocycles. The lowest BCUT2D eigenvalue weighted by molar-refractivity contribution is -0.141. The fraction of sp³-hybridized carbons (Fsp3) is 0.500. The molecule has 0 spiro atoms. The van der Waals surface area contributed by atoms with Crippen LogP contribution in [-0.4, -0.2) is 61.3 Å². The van der Waals surface area contributed by atoms with E-state index in [0.717, 1.165) is 22.6 Å². The minimum Gasteiger partial charge on any atom is -0.491 e. The van der Waals surface area contributed by atoms with E-state index in [1.165, 1.54) is 7.11 Å². The van der Waals surface area contributed by atoms with Crippen LogP contribution in [0, 0.1) is 0 Å². The van der Waals surface area contributed by atoms with Crippen molar-refractivity contribution in [3.63, 3.8) is 0 Å². The van der Waals surface area contributed by atoms with Crippen LogP contribution in [0.1, 0.15) is 37.9 Å². The average Bonchev–Trinajstić information content (AvgIpc) is 2.98. The van der Waals surface area contributed by atoms with Gasteiger partial charge in [0, 0.05) is 17.8 Å². The number of amides is 1. The van der Waals surface area contributed by atoms with Crippen molar-refractivity contribution in [2.45, 2.75) is 32.4 Å². The molecule has 2 aliphatic rings. The largest absolute Gasteiger partial charge is 0.491 e. The zero-order valence-electron chi connectivity index (χ0n) is 16.4. The van der Waals surface area contributed by atoms with Gasteiger partial charge in [0.25, 0.3) is 0 Å². The third kappa shape index (κ3) is 4.08. The van der Waals surface area contributed by atoms with Gasteiger partial charge in [-0.05, 0) is 45.5 Å². The number of likely N-dealkylation sites (N-methyl/N-ethyl adjacent to an activating group) is 1. The summed E-state index contributed by atoms with van der Waals surface area (Å²) in [5.74, 6) is 0.467. The molecule has 1 amide bonds. The highest BCUT2D eigenvalue weighted by molar-refractivity contribution is 5.78. The lowest BCUT2D eigenvalue weighted by Crippen LogP contribution is -2.43. The highest BCUT2D eigenvalue weighted by Gasteiger charge is 2.41. The lowest BCUT2D eigenvalue weighted by Gasteiger charge is -2.36. The molecule has 1 aromatic carbocycles. The second-order valence-electron chi connectivity index (χ2n) is 7.82. The number of methoxy groups -OCH3 is 1. The van der Waals surface area contributed by atoms with E-state index in [1.807, 2.05) is 52.1 Å². The molecule has 0 aliphatic carbocycles. The van der Waals surface area contributed by atoms with Crippen LogP contribution in [0.5, 0.6) is 5.75 Å². The quantitative estimate of drug-likeness (QED) is 0.755. The topological polar surface area (TPSA) is 68.3 Å². The Bertz CT molecular complexity index is 781. The maximum Gasteiger partial charge on any atom is 0.415 e. The van der Waals surface area contributed by atoms with Crippen molar-refractivity contribution >= 4 is 18.1 Å². The summed E-state index contributed by atoms with van der Waals surface area (Å²) in [5.41, 5.74) is 2.18. The Morgan fingerprint density at radius 3 is 2.74 bits per heavy atom. The minimum atomic E-state index is -0.612. The molecular formula is C20H26N2O5. The summed E-state index contributed by atoms with van der Waals surface area (Å²) in [5, 5.41) is 0. The fourth-order valence-corrected chi connectivity index (χ4v) is 3.37. The van der Waals surface area contributed by atoms with Gasteiger partial charge in [-0.1, -0.05) is 12.1 Å². The number of nitrogens with zero attached hydrogens (tertiary/aromatic N) is 2. The van der Waals surface area contributed by atoms with Crippen LogP contribution in [0.2, 0.25) is 0 Å². The molecule has 1 unspecified atom stereocenters. The van der Waals surface area contributed by atoms with Crippen molar-refractivity contribution in [2.75, 3.05) is 33.9 Å². The minimum absolute atomic E-state index is 0.129. The Balaban J connectivity index is 1.93. The van der Waals surface area contributed by atoms with E-state index < -0.39 is 11.7 Å². The second-order valence-corrected chi connectivity index (χ2v) is 7.82. The number of rotatable bonds is 4. The number of esters is 1. The van der Waals surface area contributed by atoms with Gasteiger partial charge in [-0.25, -0.2) is 4.79 Å². The first kappa shape index (κ1) is 19.2. The van der Waals surface area contributed by atoms with Gasteiger partial charge in [0.15, 0.2) is 0 Å². The van der Waals surface area contributed by atoms with Crippen LogP contribution in [0.3, 0.4) is 0 Å². The first-order valence-corrected chi connectivity index (χ1v) is 8.93. The smallest absolute Gasteiger partial charge is 0.415 e. The van der Waals surface area contributed by atoms with Gasteiger partial charge < -0.3 is 14.2 Å². The Morgan fingerprint density at radius 1 is 1.33 bits per heavy atom. The number of carbonyl (C=O) groups excluding carboxylic acids is 2. The zero-order valence-corrected chi connectivity index (χ0v) is 16.4. The number of carbonyl (C=O) groups is 2. The predicted octanol–water partition coefficient (Wildman–Crippen LogP) is 2.82. The lowest BCUT2D eigenvalue weighted by atomic mass is 9.95. The van der Waals surface area contributed by atoms with E-state index in [1.54, 1.807) is 9.80 Å². The van der Waals surface area contributed by atoms with Crippen molar-refractivity contribution in [1.29, 1.82) is 0 Å². The molecule has 0 fully saturated rings. The Kier molecular flexibility index (Phi) is 5.15. The van der Waals surface area contributed by atoms with Crippen molar-refractivity contribution in [3.05, 3.63) is 35.0 Å². The molecular weight excluding hydrogens is 348 g/mol. The highest BCUT2D eigenvalue weighted by Crippen LogP contribution is 2.44. The fourth-order valence-electron chi connectivity index (χ4n) is 3.37. The first-order chi connectivity index (χ1) is 12.7. The molecule has 7 nitrogen and oxygen atoms in total. The van der Waals surface area contributed by atoms with Crippen LogP contribution >= 0.6 is 0 Å². The number of benzene rings is 1. The Labute approximate surface area is 159 Å². The zero-order chi connectivity index (χ0) is 19.8. The molecule has 27 heavy (non-hydrogen) atoms. The number of hydrogen-bond acceptors (Lipinski definition) is 6. The van der Waals surface area contributed by atoms with E-state index in [-0.39, 0.29) is 18.6 Å². The van der Waals surface area contributed by atoms with Crippen LogP contribution in [0.25, 0.3) is 6.08 Å². The number of hydrogen-bond donors (Lipinski definition) is 0. The van der Waals surface area contributed by atoms with Crippen LogP contribution in [0.4, 0.5) is 4.79 Å². The molecule has 0 N–H and O–H groups in total. The van der Waals surface area contributed by atoms with E-state index in [0.29, 0.717) is 13.2 Å². The van der Waals surface area contributed by atoms with Crippen molar-refractivity contribution < 1.29 is 23.8 Å². The SMILES string of the molecule is COC(=O)CN(C)CC1=Cc2cccc3c2C(CO3)N1C(=O)OC(C)(C)C. The summed E-state index contributed by atoms with van der Waals surface area (Å²) >= 11 is 0. The van der Waals surface area contributed by atoms with Crippen LogP contribution < -0.4 is 4.74 Å². The standard InChI is InChI=1S/C20H26N2O5/c1-20(2,3)27-19(24)22-14(10-21(4)11-17(23)25-5)9-13-7-6-8-16-18(13)15(22)12-26-16/h6-9,15H,10-12H2,1-5H3. The average molecular weight is 374 g/mol. The Morgan fingerprint density at radius 2 is 2.07 bits per heavy atom.